The van der Waals surface area contributed by atoms with Gasteiger partial charge in [-0.15, -0.1) is 0 Å². The Morgan fingerprint density at radius 1 is 1.21 bits per heavy atom. The average Bonchev–Trinajstić information content (AvgIpc) is 3.11. The van der Waals surface area contributed by atoms with Crippen molar-refractivity contribution in [3.05, 3.63) is 64.3 Å². The van der Waals surface area contributed by atoms with Crippen LogP contribution in [0.2, 0.25) is 0 Å². The summed E-state index contributed by atoms with van der Waals surface area (Å²) >= 11 is 0.879. The predicted molar refractivity (Wildman–Crippen MR) is 93.6 cm³/mol. The van der Waals surface area contributed by atoms with E-state index in [1.165, 1.54) is 0 Å². The number of carbonyl (C=O) groups is 3. The van der Waals surface area contributed by atoms with Crippen LogP contribution < -0.4 is 5.32 Å². The normalized spacial score (nSPS) is 15.8. The minimum Gasteiger partial charge on any atom is -0.354 e. The summed E-state index contributed by atoms with van der Waals surface area (Å²) in [7, 11) is 1.96. The monoisotopic (exact) mass is 340 g/mol. The van der Waals surface area contributed by atoms with Crippen molar-refractivity contribution in [2.24, 2.45) is 7.05 Å². The topological polar surface area (TPSA) is 68.2 Å². The molecule has 1 aliphatic rings. The van der Waals surface area contributed by atoms with Gasteiger partial charge in [0.15, 0.2) is 5.78 Å². The van der Waals surface area contributed by atoms with E-state index in [-0.39, 0.29) is 16.9 Å². The molecule has 0 atom stereocenters. The van der Waals surface area contributed by atoms with E-state index in [0.717, 1.165) is 23.0 Å². The molecule has 2 aromatic rings. The number of nitrogens with zero attached hydrogens (tertiary/aromatic N) is 1. The number of imide groups is 1. The third-order valence-corrected chi connectivity index (χ3v) is 4.64. The molecule has 6 heteroatoms. The Labute approximate surface area is 143 Å². The lowest BCUT2D eigenvalue weighted by molar-refractivity contribution is -0.115. The van der Waals surface area contributed by atoms with Gasteiger partial charge in [-0.05, 0) is 42.0 Å². The maximum Gasteiger partial charge on any atom is 0.290 e. The molecule has 122 valence electrons. The molecule has 0 bridgehead atoms. The average molecular weight is 340 g/mol. The highest BCUT2D eigenvalue weighted by atomic mass is 32.2. The number of nitrogens with one attached hydrogen (secondary N) is 1. The maximum atomic E-state index is 12.3. The highest BCUT2D eigenvalue weighted by Crippen LogP contribution is 2.25. The highest BCUT2D eigenvalue weighted by molar-refractivity contribution is 8.18. The number of benzene rings is 1. The minimum atomic E-state index is -0.382. The third-order valence-electron chi connectivity index (χ3n) is 3.83. The van der Waals surface area contributed by atoms with Crippen LogP contribution in [0.3, 0.4) is 0 Å². The first kappa shape index (κ1) is 16.3. The van der Waals surface area contributed by atoms with E-state index >= 15 is 0 Å². The molecular weight excluding hydrogens is 324 g/mol. The van der Waals surface area contributed by atoms with Crippen molar-refractivity contribution in [1.82, 2.24) is 9.88 Å². The molecule has 1 N–H and O–H groups in total. The zero-order valence-electron chi connectivity index (χ0n) is 13.1. The summed E-state index contributed by atoms with van der Waals surface area (Å²) in [6.07, 6.45) is 4.76. The van der Waals surface area contributed by atoms with Crippen LogP contribution in [0.15, 0.2) is 47.5 Å². The van der Waals surface area contributed by atoms with Crippen LogP contribution in [0, 0.1) is 0 Å². The van der Waals surface area contributed by atoms with Crippen LogP contribution in [0.5, 0.6) is 0 Å². The van der Waals surface area contributed by atoms with Gasteiger partial charge in [-0.3, -0.25) is 19.7 Å². The fraction of sp³-hybridized carbons (Fsp3) is 0.167. The molecule has 1 aromatic carbocycles. The fourth-order valence-electron chi connectivity index (χ4n) is 2.48. The van der Waals surface area contributed by atoms with E-state index < -0.39 is 0 Å². The van der Waals surface area contributed by atoms with Crippen LogP contribution >= 0.6 is 11.8 Å². The lowest BCUT2D eigenvalue weighted by atomic mass is 10.0. The molecule has 0 radical (unpaired) electrons. The van der Waals surface area contributed by atoms with Gasteiger partial charge in [0.25, 0.3) is 11.1 Å². The molecule has 24 heavy (non-hydrogen) atoms. The van der Waals surface area contributed by atoms with Gasteiger partial charge in [0, 0.05) is 30.9 Å². The second-order valence-corrected chi connectivity index (χ2v) is 6.52. The van der Waals surface area contributed by atoms with Crippen LogP contribution in [0.4, 0.5) is 4.79 Å². The minimum absolute atomic E-state index is 0.0820. The van der Waals surface area contributed by atoms with E-state index in [0.29, 0.717) is 23.3 Å². The molecule has 0 saturated carbocycles. The van der Waals surface area contributed by atoms with Gasteiger partial charge in [0.2, 0.25) is 0 Å². The number of ketones is 1. The van der Waals surface area contributed by atoms with Crippen LogP contribution in [0.25, 0.3) is 6.08 Å². The first-order valence-electron chi connectivity index (χ1n) is 7.51. The Kier molecular flexibility index (Phi) is 4.66. The second-order valence-electron chi connectivity index (χ2n) is 5.51. The fourth-order valence-corrected chi connectivity index (χ4v) is 3.16. The van der Waals surface area contributed by atoms with Gasteiger partial charge in [-0.1, -0.05) is 24.3 Å². The first-order valence-corrected chi connectivity index (χ1v) is 8.33. The second kappa shape index (κ2) is 6.88. The first-order chi connectivity index (χ1) is 11.5. The molecule has 0 unspecified atom stereocenters. The quantitative estimate of drug-likeness (QED) is 0.670. The molecule has 3 rings (SSSR count). The smallest absolute Gasteiger partial charge is 0.290 e. The van der Waals surface area contributed by atoms with Crippen molar-refractivity contribution in [3.63, 3.8) is 0 Å². The summed E-state index contributed by atoms with van der Waals surface area (Å²) in [6.45, 7) is 0. The van der Waals surface area contributed by atoms with Crippen molar-refractivity contribution in [2.45, 2.75) is 12.8 Å². The van der Waals surface area contributed by atoms with Gasteiger partial charge in [-0.2, -0.15) is 0 Å². The zero-order chi connectivity index (χ0) is 17.1. The Morgan fingerprint density at radius 3 is 2.54 bits per heavy atom. The number of hydrogen-bond acceptors (Lipinski definition) is 4. The molecule has 1 aromatic heterocycles. The molecule has 0 aliphatic carbocycles. The van der Waals surface area contributed by atoms with Crippen molar-refractivity contribution >= 4 is 34.8 Å². The van der Waals surface area contributed by atoms with E-state index in [4.69, 9.17) is 0 Å². The number of thioether (sulfide) groups is 1. The summed E-state index contributed by atoms with van der Waals surface area (Å²) < 4.78 is 2.01. The standard InChI is InChI=1S/C18H16N2O3S/c1-20-10-2-3-14(20)8-9-15(21)13-6-4-12(5-7-13)11-16-17(22)19-18(23)24-16/h2-7,10-11H,8-9H2,1H3,(H,19,22,23). The van der Waals surface area contributed by atoms with Crippen molar-refractivity contribution in [3.8, 4) is 0 Å². The molecule has 1 aliphatic heterocycles. The van der Waals surface area contributed by atoms with E-state index in [1.807, 2.05) is 29.9 Å². The van der Waals surface area contributed by atoms with Crippen LogP contribution in [-0.4, -0.2) is 21.5 Å². The van der Waals surface area contributed by atoms with Gasteiger partial charge in [-0.25, -0.2) is 0 Å². The Bertz CT molecular complexity index is 834. The van der Waals surface area contributed by atoms with E-state index in [9.17, 15) is 14.4 Å². The van der Waals surface area contributed by atoms with Gasteiger partial charge < -0.3 is 4.57 Å². The summed E-state index contributed by atoms with van der Waals surface area (Å²) in [5.41, 5.74) is 2.55. The molecule has 2 amide bonds. The third kappa shape index (κ3) is 3.65. The Hall–Kier alpha value is -2.60. The summed E-state index contributed by atoms with van der Waals surface area (Å²) in [5.74, 6) is -0.300. The van der Waals surface area contributed by atoms with E-state index in [2.05, 4.69) is 5.32 Å². The molecule has 2 heterocycles. The lowest BCUT2D eigenvalue weighted by Gasteiger charge is -2.04. The number of carbonyl (C=O) groups excluding carboxylic acids is 3. The van der Waals surface area contributed by atoms with Crippen molar-refractivity contribution in [1.29, 1.82) is 0 Å². The maximum absolute atomic E-state index is 12.3. The van der Waals surface area contributed by atoms with Gasteiger partial charge >= 0.3 is 0 Å². The molecule has 5 nitrogen and oxygen atoms in total. The van der Waals surface area contributed by atoms with Crippen molar-refractivity contribution < 1.29 is 14.4 Å². The Morgan fingerprint density at radius 2 is 1.96 bits per heavy atom. The molecular formula is C18H16N2O3S. The number of rotatable bonds is 5. The van der Waals surface area contributed by atoms with Gasteiger partial charge in [0.05, 0.1) is 4.91 Å². The van der Waals surface area contributed by atoms with Crippen LogP contribution in [0.1, 0.15) is 28.0 Å². The predicted octanol–water partition coefficient (Wildman–Crippen LogP) is 3.16. The number of aryl methyl sites for hydroxylation is 2. The largest absolute Gasteiger partial charge is 0.354 e. The summed E-state index contributed by atoms with van der Waals surface area (Å²) in [6, 6.07) is 11.0. The molecule has 1 fully saturated rings. The number of amides is 2. The summed E-state index contributed by atoms with van der Waals surface area (Å²) in [5, 5.41) is 1.85. The lowest BCUT2D eigenvalue weighted by Crippen LogP contribution is -2.17. The number of aromatic nitrogens is 1. The Balaban J connectivity index is 1.65. The molecule has 0 spiro atoms. The zero-order valence-corrected chi connectivity index (χ0v) is 13.9. The summed E-state index contributed by atoms with van der Waals surface area (Å²) in [4.78, 5) is 35.3. The number of hydrogen-bond donors (Lipinski definition) is 1. The number of Topliss-reactive ketones (excluding diaryl/α,β-unsaturated/α-hetero) is 1. The van der Waals surface area contributed by atoms with Crippen molar-refractivity contribution in [2.75, 3.05) is 0 Å². The van der Waals surface area contributed by atoms with Gasteiger partial charge in [0.1, 0.15) is 0 Å². The SMILES string of the molecule is Cn1cccc1CCC(=O)c1ccc(C=C2SC(=O)NC2=O)cc1. The van der Waals surface area contributed by atoms with Crippen LogP contribution in [-0.2, 0) is 18.3 Å². The molecule has 1 saturated heterocycles. The van der Waals surface area contributed by atoms with E-state index in [1.54, 1.807) is 30.3 Å². The highest BCUT2D eigenvalue weighted by Gasteiger charge is 2.24.